The molecule has 1 saturated heterocycles. The van der Waals surface area contributed by atoms with Crippen LogP contribution < -0.4 is 5.32 Å². The van der Waals surface area contributed by atoms with E-state index in [1.54, 1.807) is 0 Å². The van der Waals surface area contributed by atoms with Gasteiger partial charge in [-0.25, -0.2) is 0 Å². The Kier molecular flexibility index (Phi) is 9.54. The summed E-state index contributed by atoms with van der Waals surface area (Å²) in [6, 6.07) is 14.3. The van der Waals surface area contributed by atoms with E-state index in [1.165, 1.54) is 5.56 Å². The third-order valence-corrected chi connectivity index (χ3v) is 6.19. The Morgan fingerprint density at radius 1 is 1.34 bits per heavy atom. The fourth-order valence-corrected chi connectivity index (χ4v) is 4.50. The van der Waals surface area contributed by atoms with Gasteiger partial charge in [0.1, 0.15) is 12.2 Å². The van der Waals surface area contributed by atoms with Crippen molar-refractivity contribution in [3.8, 4) is 11.1 Å². The normalized spacial score (nSPS) is 17.4. The van der Waals surface area contributed by atoms with Crippen molar-refractivity contribution in [1.82, 2.24) is 10.2 Å². The smallest absolute Gasteiger partial charge is 0.222 e. The molecule has 6 heteroatoms. The summed E-state index contributed by atoms with van der Waals surface area (Å²) in [6.07, 6.45) is 1.64. The first-order valence-corrected chi connectivity index (χ1v) is 11.8. The summed E-state index contributed by atoms with van der Waals surface area (Å²) in [5.41, 5.74) is 4.21. The molecule has 1 N–H and O–H groups in total. The molecule has 2 aromatic rings. The maximum Gasteiger partial charge on any atom is 0.222 e. The van der Waals surface area contributed by atoms with Crippen molar-refractivity contribution >= 4 is 17.5 Å². The number of morpholine rings is 1. The first kappa shape index (κ1) is 24.7. The van der Waals surface area contributed by atoms with Crippen molar-refractivity contribution < 1.29 is 14.3 Å². The molecule has 2 unspecified atom stereocenters. The maximum atomic E-state index is 12.7. The Balaban J connectivity index is 1.90. The highest BCUT2D eigenvalue weighted by Crippen LogP contribution is 2.39. The van der Waals surface area contributed by atoms with E-state index in [0.29, 0.717) is 37.7 Å². The molecule has 0 aromatic heterocycles. The Morgan fingerprint density at radius 3 is 2.91 bits per heavy atom. The number of carbonyl (C=O) groups is 1. The van der Waals surface area contributed by atoms with Crippen LogP contribution in [0.3, 0.4) is 0 Å². The van der Waals surface area contributed by atoms with Gasteiger partial charge in [-0.2, -0.15) is 0 Å². The second-order valence-electron chi connectivity index (χ2n) is 8.01. The molecule has 1 aliphatic heterocycles. The highest BCUT2D eigenvalue weighted by molar-refractivity contribution is 6.33. The van der Waals surface area contributed by atoms with Gasteiger partial charge in [0.15, 0.2) is 0 Å². The summed E-state index contributed by atoms with van der Waals surface area (Å²) in [5, 5.41) is 3.76. The largest absolute Gasteiger partial charge is 0.371 e. The van der Waals surface area contributed by atoms with Gasteiger partial charge in [0.05, 0.1) is 6.61 Å². The second-order valence-corrected chi connectivity index (χ2v) is 8.41. The fraction of sp³-hybridized carbons (Fsp3) is 0.462. The van der Waals surface area contributed by atoms with E-state index in [1.807, 2.05) is 30.1 Å². The molecule has 32 heavy (non-hydrogen) atoms. The third-order valence-electron chi connectivity index (χ3n) is 5.87. The lowest BCUT2D eigenvalue weighted by Gasteiger charge is -2.37. The van der Waals surface area contributed by atoms with Crippen molar-refractivity contribution in [2.24, 2.45) is 0 Å². The van der Waals surface area contributed by atoms with Gasteiger partial charge in [-0.3, -0.25) is 4.79 Å². The number of ether oxygens (including phenoxy) is 2. The number of carbonyl (C=O) groups excluding carboxylic acids is 1. The van der Waals surface area contributed by atoms with E-state index in [0.717, 1.165) is 36.1 Å². The minimum atomic E-state index is -0.376. The molecular formula is C26H34ClN2O3. The molecule has 2 atom stereocenters. The summed E-state index contributed by atoms with van der Waals surface area (Å²) in [4.78, 5) is 14.6. The van der Waals surface area contributed by atoms with Crippen molar-refractivity contribution in [2.75, 3.05) is 39.9 Å². The lowest BCUT2D eigenvalue weighted by Crippen LogP contribution is -2.48. The number of hydrogen-bond acceptors (Lipinski definition) is 4. The lowest BCUT2D eigenvalue weighted by atomic mass is 9.92. The number of nitrogens with one attached hydrogen (secondary N) is 1. The molecule has 1 fully saturated rings. The summed E-state index contributed by atoms with van der Waals surface area (Å²) < 4.78 is 12.3. The molecule has 1 aliphatic rings. The Hall–Kier alpha value is -1.92. The van der Waals surface area contributed by atoms with E-state index in [2.05, 4.69) is 43.4 Å². The molecule has 3 rings (SSSR count). The van der Waals surface area contributed by atoms with Crippen molar-refractivity contribution in [2.45, 2.75) is 38.4 Å². The predicted octanol–water partition coefficient (Wildman–Crippen LogP) is 4.69. The quantitative estimate of drug-likeness (QED) is 0.526. The Bertz CT molecular complexity index is 889. The molecule has 173 valence electrons. The average Bonchev–Trinajstić information content (AvgIpc) is 2.82. The van der Waals surface area contributed by atoms with Gasteiger partial charge in [0.2, 0.25) is 5.91 Å². The number of hydrogen-bond donors (Lipinski definition) is 1. The van der Waals surface area contributed by atoms with E-state index in [9.17, 15) is 4.79 Å². The van der Waals surface area contributed by atoms with Crippen LogP contribution in [0, 0.1) is 6.92 Å². The molecule has 0 saturated carbocycles. The fourth-order valence-electron chi connectivity index (χ4n) is 4.21. The highest BCUT2D eigenvalue weighted by atomic mass is 35.5. The molecule has 2 aromatic carbocycles. The standard InChI is InChI=1S/C26H34ClN2O3/c1-4-19-9-6-10-20(17-19)25-21(11-7-12-22(25)27)26(31-5-2)23-18-29(15-16-32-23)24(30)13-8-14-28-3/h6-7,9-12,17,23,26,28H,2,4-5,8,13-16,18H2,1,3H3. The van der Waals surface area contributed by atoms with Crippen LogP contribution in [-0.4, -0.2) is 56.8 Å². The molecule has 0 aliphatic carbocycles. The minimum absolute atomic E-state index is 0.156. The van der Waals surface area contributed by atoms with Gasteiger partial charge in [-0.1, -0.05) is 54.9 Å². The van der Waals surface area contributed by atoms with Crippen LogP contribution in [0.5, 0.6) is 0 Å². The number of amides is 1. The van der Waals surface area contributed by atoms with Crippen LogP contribution in [0.25, 0.3) is 11.1 Å². The van der Waals surface area contributed by atoms with Gasteiger partial charge in [-0.15, -0.1) is 0 Å². The van der Waals surface area contributed by atoms with E-state index in [-0.39, 0.29) is 18.1 Å². The molecule has 5 nitrogen and oxygen atoms in total. The lowest BCUT2D eigenvalue weighted by molar-refractivity contribution is -0.147. The van der Waals surface area contributed by atoms with Crippen LogP contribution in [0.1, 0.15) is 37.0 Å². The van der Waals surface area contributed by atoms with Crippen LogP contribution in [0.2, 0.25) is 5.02 Å². The van der Waals surface area contributed by atoms with E-state index >= 15 is 0 Å². The van der Waals surface area contributed by atoms with Crippen molar-refractivity contribution in [1.29, 1.82) is 0 Å². The van der Waals surface area contributed by atoms with Crippen molar-refractivity contribution in [3.05, 3.63) is 65.5 Å². The summed E-state index contributed by atoms with van der Waals surface area (Å²) in [7, 11) is 1.90. The van der Waals surface area contributed by atoms with Crippen LogP contribution in [-0.2, 0) is 20.7 Å². The molecule has 0 bridgehead atoms. The molecule has 1 radical (unpaired) electrons. The maximum absolute atomic E-state index is 12.7. The highest BCUT2D eigenvalue weighted by Gasteiger charge is 2.33. The Morgan fingerprint density at radius 2 is 2.16 bits per heavy atom. The van der Waals surface area contributed by atoms with Gasteiger partial charge < -0.3 is 19.7 Å². The third kappa shape index (κ3) is 6.10. The SMILES string of the molecule is [CH2]COC(c1cccc(Cl)c1-c1cccc(CC)c1)C1CN(C(=O)CCCNC)CCO1. The monoisotopic (exact) mass is 457 g/mol. The van der Waals surface area contributed by atoms with Crippen LogP contribution in [0.15, 0.2) is 42.5 Å². The van der Waals surface area contributed by atoms with Crippen molar-refractivity contribution in [3.63, 3.8) is 0 Å². The van der Waals surface area contributed by atoms with E-state index in [4.69, 9.17) is 21.1 Å². The molecule has 0 spiro atoms. The molecule has 1 amide bonds. The van der Waals surface area contributed by atoms with Gasteiger partial charge in [-0.05, 0) is 56.1 Å². The number of aryl methyl sites for hydroxylation is 1. The summed E-state index contributed by atoms with van der Waals surface area (Å²) in [6.45, 7) is 8.75. The topological polar surface area (TPSA) is 50.8 Å². The van der Waals surface area contributed by atoms with Gasteiger partial charge >= 0.3 is 0 Å². The number of benzene rings is 2. The number of halogens is 1. The Labute approximate surface area is 197 Å². The summed E-state index contributed by atoms with van der Waals surface area (Å²) in [5.74, 6) is 0.156. The van der Waals surface area contributed by atoms with Crippen LogP contribution in [0.4, 0.5) is 0 Å². The zero-order valence-corrected chi connectivity index (χ0v) is 19.9. The molecular weight excluding hydrogens is 424 g/mol. The zero-order valence-electron chi connectivity index (χ0n) is 19.1. The molecule has 1 heterocycles. The first-order valence-electron chi connectivity index (χ1n) is 11.4. The zero-order chi connectivity index (χ0) is 22.9. The second kappa shape index (κ2) is 12.4. The van der Waals surface area contributed by atoms with E-state index < -0.39 is 0 Å². The first-order chi connectivity index (χ1) is 15.6. The van der Waals surface area contributed by atoms with Gasteiger partial charge in [0, 0.05) is 36.7 Å². The average molecular weight is 458 g/mol. The van der Waals surface area contributed by atoms with Crippen LogP contribution >= 0.6 is 11.6 Å². The predicted molar refractivity (Wildman–Crippen MR) is 130 cm³/mol. The minimum Gasteiger partial charge on any atom is -0.371 e. The van der Waals surface area contributed by atoms with Gasteiger partial charge in [0.25, 0.3) is 0 Å². The summed E-state index contributed by atoms with van der Waals surface area (Å²) >= 11 is 6.71. The number of rotatable bonds is 10. The number of nitrogens with zero attached hydrogens (tertiary/aromatic N) is 1.